The molecule has 0 aromatic heterocycles. The van der Waals surface area contributed by atoms with Crippen LogP contribution < -0.4 is 9.04 Å². The van der Waals surface area contributed by atoms with Crippen molar-refractivity contribution < 1.29 is 27.5 Å². The van der Waals surface area contributed by atoms with Gasteiger partial charge in [-0.05, 0) is 61.4 Å². The summed E-state index contributed by atoms with van der Waals surface area (Å²) >= 11 is 0. The molecule has 0 fully saturated rings. The monoisotopic (exact) mass is 389 g/mol. The van der Waals surface area contributed by atoms with Gasteiger partial charge in [0.1, 0.15) is 5.75 Å². The van der Waals surface area contributed by atoms with Gasteiger partial charge in [-0.2, -0.15) is 0 Å². The number of ether oxygens (including phenoxy) is 2. The summed E-state index contributed by atoms with van der Waals surface area (Å²) in [6, 6.07) is 10.6. The van der Waals surface area contributed by atoms with E-state index in [1.54, 1.807) is 18.2 Å². The molecule has 0 bridgehead atoms. The van der Waals surface area contributed by atoms with Gasteiger partial charge in [0.15, 0.2) is 0 Å². The fraction of sp³-hybridized carbons (Fsp3) is 0.263. The van der Waals surface area contributed by atoms with Crippen LogP contribution in [0.5, 0.6) is 5.75 Å². The summed E-state index contributed by atoms with van der Waals surface area (Å²) in [5, 5.41) is 0. The van der Waals surface area contributed by atoms with Crippen LogP contribution in [0.2, 0.25) is 0 Å². The summed E-state index contributed by atoms with van der Waals surface area (Å²) < 4.78 is 35.2. The highest BCUT2D eigenvalue weighted by Crippen LogP contribution is 2.34. The standard InChI is InChI=1S/C19H19NO6S/c1-12-10-15-11-14(6-9-17(15)20(12)27(3,23)24)19(22)26-16-7-4-13(5-8-16)18(21)25-2/h4-9,11-12H,10H2,1-3H3/t12-/m0/s1. The zero-order chi connectivity index (χ0) is 19.8. The minimum atomic E-state index is -3.38. The molecule has 0 saturated heterocycles. The van der Waals surface area contributed by atoms with Crippen LogP contribution in [0.3, 0.4) is 0 Å². The number of fused-ring (bicyclic) bond motifs is 1. The number of carbonyl (C=O) groups is 2. The smallest absolute Gasteiger partial charge is 0.343 e. The molecule has 1 atom stereocenters. The quantitative estimate of drug-likeness (QED) is 0.589. The average Bonchev–Trinajstić information content (AvgIpc) is 2.96. The number of nitrogens with zero attached hydrogens (tertiary/aromatic N) is 1. The van der Waals surface area contributed by atoms with Crippen LogP contribution in [-0.4, -0.2) is 39.8 Å². The van der Waals surface area contributed by atoms with Crippen LogP contribution >= 0.6 is 0 Å². The Bertz CT molecular complexity index is 997. The summed E-state index contributed by atoms with van der Waals surface area (Å²) in [7, 11) is -2.09. The first-order valence-electron chi connectivity index (χ1n) is 8.23. The fourth-order valence-corrected chi connectivity index (χ4v) is 4.44. The van der Waals surface area contributed by atoms with Gasteiger partial charge in [0.25, 0.3) is 0 Å². The molecule has 142 valence electrons. The molecule has 8 heteroatoms. The second kappa shape index (κ2) is 7.03. The van der Waals surface area contributed by atoms with Crippen LogP contribution in [0.4, 0.5) is 5.69 Å². The van der Waals surface area contributed by atoms with Crippen molar-refractivity contribution in [1.29, 1.82) is 0 Å². The number of esters is 2. The van der Waals surface area contributed by atoms with Gasteiger partial charge in [-0.3, -0.25) is 4.31 Å². The van der Waals surface area contributed by atoms with E-state index in [0.717, 1.165) is 5.56 Å². The molecular formula is C19H19NO6S. The van der Waals surface area contributed by atoms with E-state index in [1.807, 2.05) is 6.92 Å². The van der Waals surface area contributed by atoms with E-state index in [4.69, 9.17) is 4.74 Å². The Hall–Kier alpha value is -2.87. The molecule has 27 heavy (non-hydrogen) atoms. The SMILES string of the molecule is COC(=O)c1ccc(OC(=O)c2ccc3c(c2)C[C@H](C)N3S(C)(=O)=O)cc1. The first kappa shape index (κ1) is 18.9. The highest BCUT2D eigenvalue weighted by molar-refractivity contribution is 7.92. The van der Waals surface area contributed by atoms with Gasteiger partial charge in [0.05, 0.1) is 30.2 Å². The number of carbonyl (C=O) groups excluding carboxylic acids is 2. The van der Waals surface area contributed by atoms with Gasteiger partial charge >= 0.3 is 11.9 Å². The molecule has 0 spiro atoms. The van der Waals surface area contributed by atoms with E-state index in [-0.39, 0.29) is 6.04 Å². The van der Waals surface area contributed by atoms with Gasteiger partial charge in [-0.15, -0.1) is 0 Å². The molecule has 0 amide bonds. The lowest BCUT2D eigenvalue weighted by atomic mass is 10.1. The molecule has 2 aromatic carbocycles. The van der Waals surface area contributed by atoms with E-state index >= 15 is 0 Å². The second-order valence-electron chi connectivity index (χ2n) is 6.36. The van der Waals surface area contributed by atoms with Crippen LogP contribution in [0.1, 0.15) is 33.2 Å². The Kier molecular flexibility index (Phi) is 4.93. The molecule has 0 unspecified atom stereocenters. The number of benzene rings is 2. The lowest BCUT2D eigenvalue weighted by Crippen LogP contribution is -2.34. The van der Waals surface area contributed by atoms with Crippen molar-refractivity contribution in [1.82, 2.24) is 0 Å². The zero-order valence-electron chi connectivity index (χ0n) is 15.1. The van der Waals surface area contributed by atoms with E-state index in [2.05, 4.69) is 4.74 Å². The Morgan fingerprint density at radius 2 is 1.67 bits per heavy atom. The van der Waals surface area contributed by atoms with Crippen LogP contribution in [0.15, 0.2) is 42.5 Å². The Balaban J connectivity index is 1.79. The van der Waals surface area contributed by atoms with Crippen molar-refractivity contribution in [3.05, 3.63) is 59.2 Å². The lowest BCUT2D eigenvalue weighted by Gasteiger charge is -2.21. The maximum atomic E-state index is 12.4. The van der Waals surface area contributed by atoms with Gasteiger partial charge < -0.3 is 9.47 Å². The van der Waals surface area contributed by atoms with Gasteiger partial charge in [-0.1, -0.05) is 0 Å². The first-order valence-corrected chi connectivity index (χ1v) is 10.1. The summed E-state index contributed by atoms with van der Waals surface area (Å²) in [6.45, 7) is 1.82. The topological polar surface area (TPSA) is 90.0 Å². The number of hydrogen-bond acceptors (Lipinski definition) is 6. The Morgan fingerprint density at radius 3 is 2.26 bits per heavy atom. The highest BCUT2D eigenvalue weighted by atomic mass is 32.2. The van der Waals surface area contributed by atoms with Crippen molar-refractivity contribution in [2.24, 2.45) is 0 Å². The van der Waals surface area contributed by atoms with Crippen molar-refractivity contribution in [3.63, 3.8) is 0 Å². The number of rotatable bonds is 4. The predicted octanol–water partition coefficient (Wildman–Crippen LogP) is 2.40. The fourth-order valence-electron chi connectivity index (χ4n) is 3.18. The highest BCUT2D eigenvalue weighted by Gasteiger charge is 2.32. The van der Waals surface area contributed by atoms with Gasteiger partial charge in [0.2, 0.25) is 10.0 Å². The van der Waals surface area contributed by atoms with E-state index in [9.17, 15) is 18.0 Å². The number of methoxy groups -OCH3 is 1. The predicted molar refractivity (Wildman–Crippen MR) is 99.7 cm³/mol. The molecule has 1 heterocycles. The van der Waals surface area contributed by atoms with Crippen LogP contribution in [0, 0.1) is 0 Å². The van der Waals surface area contributed by atoms with Crippen molar-refractivity contribution in [2.75, 3.05) is 17.7 Å². The second-order valence-corrected chi connectivity index (χ2v) is 8.22. The molecule has 1 aliphatic heterocycles. The lowest BCUT2D eigenvalue weighted by molar-refractivity contribution is 0.0600. The minimum Gasteiger partial charge on any atom is -0.465 e. The molecule has 0 saturated carbocycles. The molecular weight excluding hydrogens is 370 g/mol. The summed E-state index contributed by atoms with van der Waals surface area (Å²) in [5.41, 5.74) is 2.05. The third kappa shape index (κ3) is 3.80. The first-order chi connectivity index (χ1) is 12.7. The summed E-state index contributed by atoms with van der Waals surface area (Å²) in [4.78, 5) is 23.8. The molecule has 3 rings (SSSR count). The maximum absolute atomic E-state index is 12.4. The molecule has 1 aliphatic rings. The van der Waals surface area contributed by atoms with Crippen LogP contribution in [0.25, 0.3) is 0 Å². The van der Waals surface area contributed by atoms with Crippen molar-refractivity contribution in [3.8, 4) is 5.75 Å². The minimum absolute atomic E-state index is 0.202. The van der Waals surface area contributed by atoms with E-state index in [1.165, 1.54) is 41.9 Å². The molecule has 0 radical (unpaired) electrons. The van der Waals surface area contributed by atoms with Gasteiger partial charge in [-0.25, -0.2) is 18.0 Å². The third-order valence-electron chi connectivity index (χ3n) is 4.31. The van der Waals surface area contributed by atoms with E-state index < -0.39 is 22.0 Å². The van der Waals surface area contributed by atoms with Crippen molar-refractivity contribution in [2.45, 2.75) is 19.4 Å². The molecule has 0 aliphatic carbocycles. The number of sulfonamides is 1. The van der Waals surface area contributed by atoms with Gasteiger partial charge in [0, 0.05) is 6.04 Å². The molecule has 2 aromatic rings. The maximum Gasteiger partial charge on any atom is 0.343 e. The molecule has 0 N–H and O–H groups in total. The van der Waals surface area contributed by atoms with Crippen LogP contribution in [-0.2, 0) is 21.2 Å². The summed E-state index contributed by atoms with van der Waals surface area (Å²) in [6.07, 6.45) is 1.69. The third-order valence-corrected chi connectivity index (χ3v) is 5.58. The summed E-state index contributed by atoms with van der Waals surface area (Å²) in [5.74, 6) is -0.746. The number of anilines is 1. The average molecular weight is 389 g/mol. The molecule has 7 nitrogen and oxygen atoms in total. The largest absolute Gasteiger partial charge is 0.465 e. The number of hydrogen-bond donors (Lipinski definition) is 0. The van der Waals surface area contributed by atoms with Crippen molar-refractivity contribution >= 4 is 27.6 Å². The zero-order valence-corrected chi connectivity index (χ0v) is 15.9. The normalized spacial score (nSPS) is 16.0. The van der Waals surface area contributed by atoms with E-state index in [0.29, 0.717) is 29.0 Å². The Labute approximate surface area is 157 Å². The Morgan fingerprint density at radius 1 is 1.04 bits per heavy atom.